The van der Waals surface area contributed by atoms with Crippen molar-refractivity contribution in [2.75, 3.05) is 0 Å². The van der Waals surface area contributed by atoms with Gasteiger partial charge in [0.05, 0.1) is 0 Å². The smallest absolute Gasteiger partial charge is 1.00 e. The van der Waals surface area contributed by atoms with Crippen LogP contribution in [0.4, 0.5) is 0 Å². The predicted octanol–water partition coefficient (Wildman–Crippen LogP) is 0.535. The van der Waals surface area contributed by atoms with Crippen molar-refractivity contribution < 1.29 is 17.0 Å². The minimum absolute atomic E-state index is 0. The van der Waals surface area contributed by atoms with E-state index in [1.807, 2.05) is 17.8 Å². The van der Waals surface area contributed by atoms with E-state index in [-0.39, 0.29) is 40.0 Å². The number of rotatable bonds is 2. The fourth-order valence-electron chi connectivity index (χ4n) is 1.83. The van der Waals surface area contributed by atoms with Crippen LogP contribution in [0, 0.1) is 6.07 Å². The van der Waals surface area contributed by atoms with E-state index >= 15 is 0 Å². The Bertz CT molecular complexity index is 247. The Balaban J connectivity index is 0.000000980. The summed E-state index contributed by atoms with van der Waals surface area (Å²) >= 11 is 2.03. The molecule has 0 nitrogen and oxygen atoms in total. The molecule has 0 bridgehead atoms. The summed E-state index contributed by atoms with van der Waals surface area (Å²) in [6, 6.07) is 11.5. The summed E-state index contributed by atoms with van der Waals surface area (Å²) < 4.78 is 0. The molecule has 0 heterocycles. The Morgan fingerprint density at radius 3 is 2.53 bits per heavy atom. The van der Waals surface area contributed by atoms with Gasteiger partial charge in [-0.05, 0) is 18.1 Å². The average molecular weight is 296 g/mol. The fraction of sp³-hybridized carbons (Fsp3) is 0.500. The van der Waals surface area contributed by atoms with E-state index in [1.54, 1.807) is 0 Å². The second-order valence-corrected chi connectivity index (χ2v) is 4.99. The van der Waals surface area contributed by atoms with Crippen LogP contribution in [0.15, 0.2) is 29.2 Å². The molecule has 0 aliphatic heterocycles. The number of benzene rings is 1. The van der Waals surface area contributed by atoms with E-state index in [2.05, 4.69) is 24.3 Å². The number of hydrogen-bond acceptors (Lipinski definition) is 1. The number of halogens is 1. The summed E-state index contributed by atoms with van der Waals surface area (Å²) in [6.07, 6.45) is 7.10. The van der Waals surface area contributed by atoms with Gasteiger partial charge < -0.3 is 17.0 Å². The van der Waals surface area contributed by atoms with Crippen molar-refractivity contribution in [3.05, 3.63) is 30.3 Å². The van der Waals surface area contributed by atoms with Crippen molar-refractivity contribution in [3.8, 4) is 0 Å². The zero-order chi connectivity index (χ0) is 8.93. The van der Waals surface area contributed by atoms with Crippen molar-refractivity contribution in [2.24, 2.45) is 0 Å². The maximum Gasteiger partial charge on any atom is 2.00 e. The van der Waals surface area contributed by atoms with E-state index in [1.165, 1.54) is 37.0 Å². The SMILES string of the molecule is [Br-].[Mg+2].[c-]1cccc(SC2CCCCC2)c1. The Morgan fingerprint density at radius 2 is 1.93 bits per heavy atom. The van der Waals surface area contributed by atoms with Gasteiger partial charge in [-0.15, -0.1) is 4.90 Å². The van der Waals surface area contributed by atoms with Gasteiger partial charge in [0.2, 0.25) is 0 Å². The summed E-state index contributed by atoms with van der Waals surface area (Å²) in [5, 5.41) is 0.865. The third-order valence-electron chi connectivity index (χ3n) is 2.53. The molecule has 1 aliphatic rings. The zero-order valence-electron chi connectivity index (χ0n) is 8.92. The Morgan fingerprint density at radius 1 is 1.20 bits per heavy atom. The van der Waals surface area contributed by atoms with Crippen LogP contribution >= 0.6 is 11.8 Å². The molecule has 0 spiro atoms. The molecule has 78 valence electrons. The standard InChI is InChI=1S/C12H15S.BrH.Mg/c1-3-7-11(8-4-1)13-12-9-5-2-6-10-12;;/h1,3,7-8,12H,2,5-6,9-10H2;1H;/q-1;;+2/p-1. The van der Waals surface area contributed by atoms with E-state index < -0.39 is 0 Å². The van der Waals surface area contributed by atoms with E-state index in [4.69, 9.17) is 0 Å². The van der Waals surface area contributed by atoms with Crippen LogP contribution in [0.25, 0.3) is 0 Å². The first-order chi connectivity index (χ1) is 6.45. The van der Waals surface area contributed by atoms with Crippen LogP contribution in [0.2, 0.25) is 0 Å². The molecule has 0 unspecified atom stereocenters. The van der Waals surface area contributed by atoms with Gasteiger partial charge in [-0.25, -0.2) is 0 Å². The molecule has 1 fully saturated rings. The van der Waals surface area contributed by atoms with Gasteiger partial charge in [0.15, 0.2) is 0 Å². The molecule has 0 N–H and O–H groups in total. The zero-order valence-corrected chi connectivity index (χ0v) is 12.7. The van der Waals surface area contributed by atoms with E-state index in [9.17, 15) is 0 Å². The Kier molecular flexibility index (Phi) is 9.40. The van der Waals surface area contributed by atoms with Gasteiger partial charge in [0, 0.05) is 0 Å². The summed E-state index contributed by atoms with van der Waals surface area (Å²) in [6.45, 7) is 0. The molecule has 1 aromatic rings. The first-order valence-corrected chi connectivity index (χ1v) is 5.96. The van der Waals surface area contributed by atoms with Gasteiger partial charge in [-0.3, -0.25) is 0 Å². The van der Waals surface area contributed by atoms with Gasteiger partial charge in [-0.2, -0.15) is 42.1 Å². The van der Waals surface area contributed by atoms with Crippen molar-refractivity contribution in [1.82, 2.24) is 0 Å². The van der Waals surface area contributed by atoms with Crippen LogP contribution in [-0.2, 0) is 0 Å². The van der Waals surface area contributed by atoms with E-state index in [0.29, 0.717) is 0 Å². The fourth-order valence-corrected chi connectivity index (χ4v) is 3.07. The predicted molar refractivity (Wildman–Crippen MR) is 63.8 cm³/mol. The molecule has 1 saturated carbocycles. The Labute approximate surface area is 124 Å². The third-order valence-corrected chi connectivity index (χ3v) is 3.86. The molecule has 0 atom stereocenters. The van der Waals surface area contributed by atoms with Gasteiger partial charge in [0.25, 0.3) is 0 Å². The normalized spacial score (nSPS) is 16.3. The molecule has 1 aliphatic carbocycles. The summed E-state index contributed by atoms with van der Waals surface area (Å²) in [4.78, 5) is 1.38. The molecule has 0 radical (unpaired) electrons. The molecular weight excluding hydrogens is 280 g/mol. The van der Waals surface area contributed by atoms with E-state index in [0.717, 1.165) is 5.25 Å². The van der Waals surface area contributed by atoms with Crippen LogP contribution < -0.4 is 17.0 Å². The monoisotopic (exact) mass is 294 g/mol. The topological polar surface area (TPSA) is 0 Å². The van der Waals surface area contributed by atoms with Crippen LogP contribution in [-0.4, -0.2) is 28.3 Å². The van der Waals surface area contributed by atoms with Crippen molar-refractivity contribution in [3.63, 3.8) is 0 Å². The molecule has 2 rings (SSSR count). The maximum atomic E-state index is 3.13. The van der Waals surface area contributed by atoms with Crippen molar-refractivity contribution >= 4 is 34.8 Å². The van der Waals surface area contributed by atoms with Crippen molar-refractivity contribution in [2.45, 2.75) is 42.2 Å². The van der Waals surface area contributed by atoms with Crippen LogP contribution in [0.1, 0.15) is 32.1 Å². The second kappa shape index (κ2) is 8.91. The molecular formula is C12H15BrMgS. The molecule has 3 heteroatoms. The average Bonchev–Trinajstić information content (AvgIpc) is 2.21. The summed E-state index contributed by atoms with van der Waals surface area (Å²) in [5.41, 5.74) is 0. The summed E-state index contributed by atoms with van der Waals surface area (Å²) in [7, 11) is 0. The minimum atomic E-state index is 0. The minimum Gasteiger partial charge on any atom is -1.00 e. The maximum absolute atomic E-state index is 3.13. The molecule has 1 aromatic carbocycles. The van der Waals surface area contributed by atoms with Gasteiger partial charge >= 0.3 is 23.1 Å². The van der Waals surface area contributed by atoms with Gasteiger partial charge in [0.1, 0.15) is 0 Å². The van der Waals surface area contributed by atoms with Crippen LogP contribution in [0.5, 0.6) is 0 Å². The Hall–Kier alpha value is 0.816. The number of hydrogen-bond donors (Lipinski definition) is 0. The first-order valence-electron chi connectivity index (χ1n) is 5.08. The van der Waals surface area contributed by atoms with Gasteiger partial charge in [-0.1, -0.05) is 19.3 Å². The first kappa shape index (κ1) is 15.8. The second-order valence-electron chi connectivity index (χ2n) is 3.62. The molecule has 0 saturated heterocycles. The molecule has 0 aromatic heterocycles. The summed E-state index contributed by atoms with van der Waals surface area (Å²) in [5.74, 6) is 0. The largest absolute Gasteiger partial charge is 2.00 e. The number of thioether (sulfide) groups is 1. The quantitative estimate of drug-likeness (QED) is 0.567. The third kappa shape index (κ3) is 5.62. The molecule has 15 heavy (non-hydrogen) atoms. The van der Waals surface area contributed by atoms with Crippen molar-refractivity contribution in [1.29, 1.82) is 0 Å². The van der Waals surface area contributed by atoms with Crippen LogP contribution in [0.3, 0.4) is 0 Å². The molecule has 0 amide bonds.